The van der Waals surface area contributed by atoms with Gasteiger partial charge in [-0.2, -0.15) is 0 Å². The van der Waals surface area contributed by atoms with Crippen molar-refractivity contribution in [1.29, 1.82) is 0 Å². The highest BCUT2D eigenvalue weighted by atomic mass is 32.2. The van der Waals surface area contributed by atoms with E-state index in [2.05, 4.69) is 9.71 Å². The summed E-state index contributed by atoms with van der Waals surface area (Å²) in [6.07, 6.45) is 4.91. The molecule has 1 saturated carbocycles. The van der Waals surface area contributed by atoms with Crippen LogP contribution >= 0.6 is 0 Å². The quantitative estimate of drug-likeness (QED) is 0.811. The molecule has 1 saturated heterocycles. The Balaban J connectivity index is 1.49. The molecule has 0 radical (unpaired) electrons. The van der Waals surface area contributed by atoms with Gasteiger partial charge < -0.3 is 4.90 Å². The van der Waals surface area contributed by atoms with E-state index >= 15 is 0 Å². The summed E-state index contributed by atoms with van der Waals surface area (Å²) in [6.45, 7) is 1.03. The second-order valence-corrected chi connectivity index (χ2v) is 9.66. The molecule has 3 atom stereocenters. The average Bonchev–Trinajstić information content (AvgIpc) is 3.47. The van der Waals surface area contributed by atoms with Crippen molar-refractivity contribution in [3.05, 3.63) is 54.0 Å². The van der Waals surface area contributed by atoms with Gasteiger partial charge in [-0.3, -0.25) is 9.78 Å². The highest BCUT2D eigenvalue weighted by molar-refractivity contribution is 7.88. The summed E-state index contributed by atoms with van der Waals surface area (Å²) in [5, 5.41) is 0. The van der Waals surface area contributed by atoms with Crippen molar-refractivity contribution in [1.82, 2.24) is 14.6 Å². The summed E-state index contributed by atoms with van der Waals surface area (Å²) in [5.74, 6) is -0.455. The molecule has 1 aliphatic carbocycles. The Morgan fingerprint density at radius 1 is 1.24 bits per heavy atom. The maximum Gasteiger partial charge on any atom is 0.226 e. The van der Waals surface area contributed by atoms with E-state index in [-0.39, 0.29) is 29.6 Å². The maximum absolute atomic E-state index is 14.3. The summed E-state index contributed by atoms with van der Waals surface area (Å²) in [4.78, 5) is 19.0. The van der Waals surface area contributed by atoms with Gasteiger partial charge in [-0.25, -0.2) is 17.5 Å². The fourth-order valence-corrected chi connectivity index (χ4v) is 5.04. The number of halogens is 1. The predicted molar refractivity (Wildman–Crippen MR) is 108 cm³/mol. The van der Waals surface area contributed by atoms with E-state index in [1.807, 2.05) is 24.3 Å². The SMILES string of the molecule is CS(=O)(=O)N[C@H]1CCCN(C(=O)[C@@H]2C[C@H]2c2ccccc2-c2ncccc2F)C1. The number of amides is 1. The number of aromatic nitrogens is 1. The number of carbonyl (C=O) groups is 1. The largest absolute Gasteiger partial charge is 0.341 e. The Labute approximate surface area is 170 Å². The van der Waals surface area contributed by atoms with Crippen molar-refractivity contribution < 1.29 is 17.6 Å². The van der Waals surface area contributed by atoms with Gasteiger partial charge in [0.2, 0.25) is 15.9 Å². The molecule has 29 heavy (non-hydrogen) atoms. The molecular formula is C21H24FN3O3S. The summed E-state index contributed by atoms with van der Waals surface area (Å²) in [5.41, 5.74) is 1.96. The molecule has 2 fully saturated rings. The zero-order valence-electron chi connectivity index (χ0n) is 16.2. The third kappa shape index (κ3) is 4.48. The van der Waals surface area contributed by atoms with E-state index in [4.69, 9.17) is 0 Å². The topological polar surface area (TPSA) is 79.4 Å². The van der Waals surface area contributed by atoms with Crippen LogP contribution in [-0.4, -0.2) is 49.6 Å². The van der Waals surface area contributed by atoms with Crippen LogP contribution in [0.25, 0.3) is 11.3 Å². The average molecular weight is 418 g/mol. The lowest BCUT2D eigenvalue weighted by molar-refractivity contribution is -0.133. The predicted octanol–water partition coefficient (Wildman–Crippen LogP) is 2.53. The third-order valence-electron chi connectivity index (χ3n) is 5.60. The molecule has 1 aromatic heterocycles. The molecule has 154 valence electrons. The van der Waals surface area contributed by atoms with E-state index in [1.54, 1.807) is 17.2 Å². The van der Waals surface area contributed by atoms with Crippen molar-refractivity contribution in [2.75, 3.05) is 19.3 Å². The molecule has 1 aliphatic heterocycles. The van der Waals surface area contributed by atoms with Crippen molar-refractivity contribution in [2.24, 2.45) is 5.92 Å². The zero-order chi connectivity index (χ0) is 20.6. The molecule has 2 aromatic rings. The molecule has 1 aromatic carbocycles. The number of sulfonamides is 1. The van der Waals surface area contributed by atoms with Gasteiger partial charge in [-0.05, 0) is 42.9 Å². The molecule has 6 nitrogen and oxygen atoms in total. The number of likely N-dealkylation sites (tertiary alicyclic amines) is 1. The summed E-state index contributed by atoms with van der Waals surface area (Å²) in [7, 11) is -3.30. The van der Waals surface area contributed by atoms with Gasteiger partial charge in [-0.1, -0.05) is 24.3 Å². The zero-order valence-corrected chi connectivity index (χ0v) is 17.0. The Morgan fingerprint density at radius 2 is 2.03 bits per heavy atom. The maximum atomic E-state index is 14.3. The minimum atomic E-state index is -3.30. The third-order valence-corrected chi connectivity index (χ3v) is 6.36. The first kappa shape index (κ1) is 20.0. The van der Waals surface area contributed by atoms with Crippen LogP contribution in [0.5, 0.6) is 0 Å². The molecule has 1 N–H and O–H groups in total. The van der Waals surface area contributed by atoms with E-state index in [1.165, 1.54) is 6.07 Å². The minimum absolute atomic E-state index is 0.0309. The first-order valence-electron chi connectivity index (χ1n) is 9.79. The van der Waals surface area contributed by atoms with Crippen molar-refractivity contribution in [3.63, 3.8) is 0 Å². The van der Waals surface area contributed by atoms with Crippen molar-refractivity contribution in [2.45, 2.75) is 31.2 Å². The normalized spacial score (nSPS) is 24.3. The van der Waals surface area contributed by atoms with Gasteiger partial charge >= 0.3 is 0 Å². The van der Waals surface area contributed by atoms with Crippen LogP contribution < -0.4 is 4.72 Å². The Morgan fingerprint density at radius 3 is 2.79 bits per heavy atom. The number of benzene rings is 1. The molecule has 8 heteroatoms. The molecule has 2 heterocycles. The van der Waals surface area contributed by atoms with E-state index in [0.717, 1.165) is 30.2 Å². The number of hydrogen-bond acceptors (Lipinski definition) is 4. The van der Waals surface area contributed by atoms with Crippen LogP contribution in [-0.2, 0) is 14.8 Å². The Bertz CT molecular complexity index is 1030. The van der Waals surface area contributed by atoms with Crippen LogP contribution in [0.1, 0.15) is 30.7 Å². The summed E-state index contributed by atoms with van der Waals surface area (Å²) in [6, 6.07) is 10.2. The minimum Gasteiger partial charge on any atom is -0.341 e. The molecule has 0 spiro atoms. The number of nitrogens with one attached hydrogen (secondary N) is 1. The first-order chi connectivity index (χ1) is 13.8. The molecule has 2 aliphatic rings. The van der Waals surface area contributed by atoms with Crippen LogP contribution in [0.3, 0.4) is 0 Å². The Hall–Kier alpha value is -2.32. The molecule has 4 rings (SSSR count). The van der Waals surface area contributed by atoms with Gasteiger partial charge in [0.1, 0.15) is 11.5 Å². The summed E-state index contributed by atoms with van der Waals surface area (Å²) >= 11 is 0. The van der Waals surface area contributed by atoms with E-state index in [0.29, 0.717) is 25.2 Å². The summed E-state index contributed by atoms with van der Waals surface area (Å²) < 4.78 is 39.9. The number of rotatable bonds is 5. The second kappa shape index (κ2) is 7.84. The van der Waals surface area contributed by atoms with Gasteiger partial charge in [-0.15, -0.1) is 0 Å². The number of nitrogens with zero attached hydrogens (tertiary/aromatic N) is 2. The van der Waals surface area contributed by atoms with Crippen molar-refractivity contribution >= 4 is 15.9 Å². The van der Waals surface area contributed by atoms with Gasteiger partial charge in [0.15, 0.2) is 0 Å². The highest BCUT2D eigenvalue weighted by Crippen LogP contribution is 2.51. The number of pyridine rings is 1. The van der Waals surface area contributed by atoms with E-state index < -0.39 is 10.0 Å². The van der Waals surface area contributed by atoms with Crippen LogP contribution in [0, 0.1) is 11.7 Å². The molecular weight excluding hydrogens is 393 g/mol. The second-order valence-electron chi connectivity index (χ2n) is 7.88. The highest BCUT2D eigenvalue weighted by Gasteiger charge is 2.47. The fraction of sp³-hybridized carbons (Fsp3) is 0.429. The number of carbonyl (C=O) groups excluding carboxylic acids is 1. The van der Waals surface area contributed by atoms with Crippen LogP contribution in [0.2, 0.25) is 0 Å². The molecule has 0 bridgehead atoms. The standard InChI is InChI=1S/C21H24FN3O3S/c1-29(27,28)24-14-6-5-11-25(13-14)21(26)18-12-17(18)15-7-2-3-8-16(15)20-19(22)9-4-10-23-20/h2-4,7-10,14,17-18,24H,5-6,11-13H2,1H3/t14-,17-,18+/m0/s1. The van der Waals surface area contributed by atoms with E-state index in [9.17, 15) is 17.6 Å². The van der Waals surface area contributed by atoms with Crippen LogP contribution in [0.4, 0.5) is 4.39 Å². The first-order valence-corrected chi connectivity index (χ1v) is 11.7. The lowest BCUT2D eigenvalue weighted by atomic mass is 9.98. The lowest BCUT2D eigenvalue weighted by Gasteiger charge is -2.33. The van der Waals surface area contributed by atoms with Crippen molar-refractivity contribution in [3.8, 4) is 11.3 Å². The van der Waals surface area contributed by atoms with Crippen LogP contribution in [0.15, 0.2) is 42.6 Å². The smallest absolute Gasteiger partial charge is 0.226 e. The van der Waals surface area contributed by atoms with Gasteiger partial charge in [0.25, 0.3) is 0 Å². The van der Waals surface area contributed by atoms with Gasteiger partial charge in [0.05, 0.1) is 6.26 Å². The monoisotopic (exact) mass is 417 g/mol. The number of hydrogen-bond donors (Lipinski definition) is 1. The fourth-order valence-electron chi connectivity index (χ4n) is 4.24. The van der Waals surface area contributed by atoms with Gasteiger partial charge in [0, 0.05) is 36.8 Å². The number of piperidine rings is 1. The Kier molecular flexibility index (Phi) is 5.40. The molecule has 1 amide bonds. The lowest BCUT2D eigenvalue weighted by Crippen LogP contribution is -2.49. The molecule has 0 unspecified atom stereocenters.